The van der Waals surface area contributed by atoms with Gasteiger partial charge in [0.15, 0.2) is 18.4 Å². The maximum Gasteiger partial charge on any atom is 0.187 e. The largest absolute Gasteiger partial charge is 0.394 e. The van der Waals surface area contributed by atoms with Crippen molar-refractivity contribution in [1.82, 2.24) is 0 Å². The molecule has 53 heavy (non-hydrogen) atoms. The molecule has 8 aliphatic rings. The van der Waals surface area contributed by atoms with Crippen molar-refractivity contribution >= 4 is 5.78 Å². The molecule has 8 fully saturated rings. The number of ketones is 1. The maximum absolute atomic E-state index is 14.5. The molecule has 0 amide bonds. The van der Waals surface area contributed by atoms with Crippen LogP contribution in [0.4, 0.5) is 0 Å². The minimum Gasteiger partial charge on any atom is -0.394 e. The van der Waals surface area contributed by atoms with E-state index in [0.717, 1.165) is 44.9 Å². The van der Waals surface area contributed by atoms with Crippen molar-refractivity contribution in [2.45, 2.75) is 165 Å². The Labute approximate surface area is 311 Å². The van der Waals surface area contributed by atoms with Crippen LogP contribution in [0.1, 0.15) is 85.5 Å². The molecule has 0 bridgehead atoms. The van der Waals surface area contributed by atoms with Gasteiger partial charge in [0.2, 0.25) is 0 Å². The monoisotopic (exact) mass is 754 g/mol. The number of rotatable bonds is 6. The lowest BCUT2D eigenvalue weighted by atomic mass is 9.44. The Bertz CT molecular complexity index is 1340. The fraction of sp³-hybridized carbons (Fsp3) is 0.974. The van der Waals surface area contributed by atoms with Crippen LogP contribution < -0.4 is 0 Å². The van der Waals surface area contributed by atoms with E-state index in [9.17, 15) is 40.5 Å². The highest BCUT2D eigenvalue weighted by Gasteiger charge is 2.72. The molecule has 14 heteroatoms. The van der Waals surface area contributed by atoms with Gasteiger partial charge in [-0.1, -0.05) is 27.7 Å². The van der Waals surface area contributed by atoms with Gasteiger partial charge in [-0.05, 0) is 80.0 Å². The summed E-state index contributed by atoms with van der Waals surface area (Å²) in [4.78, 5) is 14.5. The van der Waals surface area contributed by atoms with Crippen LogP contribution in [-0.2, 0) is 33.2 Å². The molecule has 0 unspecified atom stereocenters. The number of carbonyl (C=O) groups excluding carboxylic acids is 1. The number of carbonyl (C=O) groups is 1. The van der Waals surface area contributed by atoms with Crippen molar-refractivity contribution in [2.75, 3.05) is 19.8 Å². The van der Waals surface area contributed by atoms with Crippen LogP contribution in [0, 0.1) is 52.3 Å². The summed E-state index contributed by atoms with van der Waals surface area (Å²) in [5, 5.41) is 72.8. The molecule has 14 nitrogen and oxygen atoms in total. The van der Waals surface area contributed by atoms with E-state index in [1.165, 1.54) is 0 Å². The van der Waals surface area contributed by atoms with E-state index in [2.05, 4.69) is 27.7 Å². The summed E-state index contributed by atoms with van der Waals surface area (Å²) < 4.78 is 36.7. The lowest BCUT2D eigenvalue weighted by Gasteiger charge is -2.60. The van der Waals surface area contributed by atoms with Crippen LogP contribution in [0.25, 0.3) is 0 Å². The van der Waals surface area contributed by atoms with Gasteiger partial charge < -0.3 is 64.2 Å². The minimum atomic E-state index is -1.73. The first-order valence-electron chi connectivity index (χ1n) is 20.3. The molecule has 0 aromatic carbocycles. The zero-order valence-corrected chi connectivity index (χ0v) is 31.4. The predicted molar refractivity (Wildman–Crippen MR) is 183 cm³/mol. The van der Waals surface area contributed by atoms with Crippen LogP contribution in [0.5, 0.6) is 0 Å². The highest BCUT2D eigenvalue weighted by atomic mass is 16.7. The average molecular weight is 755 g/mol. The molecule has 4 aliphatic heterocycles. The SMILES string of the molecule is C[C@@H]1CC[C@@]2(OC1)O[C@H]1C[C@H]3[C@@H]4CC[C@H]5C[C@@H](O[C@@H]6O[C@@H](CO)[C@@H](O[C@@H]7O[C@@H](CO)[C@@H](O)[C@H](O)[C@@H]7O)[C@H](O)[C@@H]6O)CC[C@]5(C)[C@H]4CC(=O)[C@]3(C)[C@H]1[C@@H]2C. The lowest BCUT2D eigenvalue weighted by molar-refractivity contribution is -0.364. The van der Waals surface area contributed by atoms with Gasteiger partial charge >= 0.3 is 0 Å². The first kappa shape index (κ1) is 39.0. The third-order valence-electron chi connectivity index (χ3n) is 16.0. The standard InChI is InChI=1S/C39H62O14/c1-17-7-10-39(48-16-17)18(2)28-24(53-39)12-23-21-6-5-19-11-20(8-9-37(19,3)22(21)13-27(42)38(23,28)4)49-35-33(47)31(45)34(26(15-41)51-35)52-36-32(46)30(44)29(43)25(14-40)50-36/h17-26,28-36,40-41,43-47H,5-16H2,1-4H3/t17-,18+,19+,20+,21-,22+,23+,24+,25+,26+,28+,29-,30+,31-,32+,33+,34-,35-,36+,37+,38-,39-/m1/s1. The molecule has 7 N–H and O–H groups in total. The quantitative estimate of drug-likeness (QED) is 0.185. The second kappa shape index (κ2) is 14.2. The fourth-order valence-corrected chi connectivity index (χ4v) is 12.9. The molecule has 0 aromatic heterocycles. The Morgan fingerprint density at radius 3 is 2.17 bits per heavy atom. The van der Waals surface area contributed by atoms with Crippen molar-refractivity contribution in [2.24, 2.45) is 52.3 Å². The number of aliphatic hydroxyl groups is 7. The summed E-state index contributed by atoms with van der Waals surface area (Å²) in [7, 11) is 0. The summed E-state index contributed by atoms with van der Waals surface area (Å²) in [5.41, 5.74) is -0.453. The van der Waals surface area contributed by atoms with Gasteiger partial charge in [0.05, 0.1) is 32.0 Å². The van der Waals surface area contributed by atoms with E-state index in [1.807, 2.05) is 0 Å². The Kier molecular flexibility index (Phi) is 10.5. The van der Waals surface area contributed by atoms with E-state index in [-0.39, 0.29) is 35.4 Å². The van der Waals surface area contributed by atoms with Crippen molar-refractivity contribution < 1.29 is 69.0 Å². The Morgan fingerprint density at radius 2 is 1.47 bits per heavy atom. The minimum absolute atomic E-state index is 0.0443. The van der Waals surface area contributed by atoms with E-state index in [1.54, 1.807) is 0 Å². The first-order valence-corrected chi connectivity index (χ1v) is 20.3. The first-order chi connectivity index (χ1) is 25.2. The molecule has 302 valence electrons. The average Bonchev–Trinajstić information content (AvgIpc) is 3.59. The van der Waals surface area contributed by atoms with Crippen LogP contribution in [0.15, 0.2) is 0 Å². The highest BCUT2D eigenvalue weighted by molar-refractivity contribution is 5.87. The second-order valence-corrected chi connectivity index (χ2v) is 18.6. The summed E-state index contributed by atoms with van der Waals surface area (Å²) in [6, 6.07) is 0. The smallest absolute Gasteiger partial charge is 0.187 e. The van der Waals surface area contributed by atoms with Gasteiger partial charge in [0.1, 0.15) is 54.6 Å². The Morgan fingerprint density at radius 1 is 0.774 bits per heavy atom. The zero-order valence-electron chi connectivity index (χ0n) is 31.4. The van der Waals surface area contributed by atoms with Crippen LogP contribution in [0.3, 0.4) is 0 Å². The summed E-state index contributed by atoms with van der Waals surface area (Å²) >= 11 is 0. The van der Waals surface area contributed by atoms with E-state index >= 15 is 0 Å². The fourth-order valence-electron chi connectivity index (χ4n) is 12.9. The van der Waals surface area contributed by atoms with E-state index < -0.39 is 85.8 Å². The molecule has 0 aromatic rings. The number of aliphatic hydroxyl groups excluding tert-OH is 7. The van der Waals surface area contributed by atoms with Gasteiger partial charge in [-0.2, -0.15) is 0 Å². The van der Waals surface area contributed by atoms with Crippen LogP contribution in [0.2, 0.25) is 0 Å². The molecule has 4 saturated heterocycles. The predicted octanol–water partition coefficient (Wildman–Crippen LogP) is 0.621. The Hall–Kier alpha value is -0.850. The van der Waals surface area contributed by atoms with Gasteiger partial charge in [-0.3, -0.25) is 4.79 Å². The molecule has 4 heterocycles. The molecule has 4 saturated carbocycles. The third kappa shape index (κ3) is 6.03. The number of Topliss-reactive ketones (excluding diaryl/α,β-unsaturated/α-hetero) is 1. The van der Waals surface area contributed by atoms with E-state index in [4.69, 9.17) is 28.4 Å². The molecule has 22 atom stereocenters. The molecule has 8 rings (SSSR count). The topological polar surface area (TPSA) is 214 Å². The van der Waals surface area contributed by atoms with Gasteiger partial charge in [-0.25, -0.2) is 0 Å². The number of hydrogen-bond acceptors (Lipinski definition) is 14. The molecule has 0 radical (unpaired) electrons. The van der Waals surface area contributed by atoms with Crippen molar-refractivity contribution in [1.29, 1.82) is 0 Å². The van der Waals surface area contributed by atoms with Gasteiger partial charge in [0, 0.05) is 30.1 Å². The van der Waals surface area contributed by atoms with E-state index in [0.29, 0.717) is 48.9 Å². The highest BCUT2D eigenvalue weighted by Crippen LogP contribution is 2.70. The third-order valence-corrected chi connectivity index (χ3v) is 16.0. The molecule has 4 aliphatic carbocycles. The Balaban J connectivity index is 0.909. The van der Waals surface area contributed by atoms with Gasteiger partial charge in [0.25, 0.3) is 0 Å². The number of fused-ring (bicyclic) bond motifs is 7. The maximum atomic E-state index is 14.5. The van der Waals surface area contributed by atoms with Crippen molar-refractivity contribution in [3.05, 3.63) is 0 Å². The summed E-state index contributed by atoms with van der Waals surface area (Å²) in [5.74, 6) is 2.02. The van der Waals surface area contributed by atoms with Crippen LogP contribution >= 0.6 is 0 Å². The van der Waals surface area contributed by atoms with Crippen molar-refractivity contribution in [3.63, 3.8) is 0 Å². The second-order valence-electron chi connectivity index (χ2n) is 18.6. The van der Waals surface area contributed by atoms with Crippen LogP contribution in [-0.4, -0.2) is 141 Å². The number of ether oxygens (including phenoxy) is 6. The normalized spacial score (nSPS) is 58.2. The summed E-state index contributed by atoms with van der Waals surface area (Å²) in [6.07, 6.45) is -7.31. The summed E-state index contributed by atoms with van der Waals surface area (Å²) in [6.45, 7) is 8.51. The molecule has 1 spiro atoms. The van der Waals surface area contributed by atoms with Crippen molar-refractivity contribution in [3.8, 4) is 0 Å². The zero-order chi connectivity index (χ0) is 37.8. The number of hydrogen-bond donors (Lipinski definition) is 7. The van der Waals surface area contributed by atoms with Gasteiger partial charge in [-0.15, -0.1) is 0 Å². The molecular formula is C39H62O14. The lowest BCUT2D eigenvalue weighted by Crippen LogP contribution is -2.65. The molecular weight excluding hydrogens is 692 g/mol.